The van der Waals surface area contributed by atoms with Crippen molar-refractivity contribution in [2.45, 2.75) is 11.8 Å². The number of carbonyl (C=O) groups is 1. The highest BCUT2D eigenvalue weighted by Crippen LogP contribution is 2.27. The molecule has 0 aliphatic carbocycles. The first-order chi connectivity index (χ1) is 13.6. The first-order valence-electron chi connectivity index (χ1n) is 7.92. The molecule has 152 valence electrons. The highest BCUT2D eigenvalue weighted by atomic mass is 35.5. The molecule has 1 N–H and O–H groups in total. The van der Waals surface area contributed by atoms with Crippen LogP contribution >= 0.6 is 34.8 Å². The summed E-state index contributed by atoms with van der Waals surface area (Å²) in [5.74, 6) is -0.455. The van der Waals surface area contributed by atoms with Crippen molar-refractivity contribution in [2.24, 2.45) is 0 Å². The molecule has 1 heterocycles. The fraction of sp³-hybridized carbons (Fsp3) is 0.118. The Kier molecular flexibility index (Phi) is 6.04. The number of ether oxygens (including phenoxy) is 1. The van der Waals surface area contributed by atoms with E-state index in [0.717, 1.165) is 0 Å². The van der Waals surface area contributed by atoms with E-state index in [1.54, 1.807) is 25.1 Å². The smallest absolute Gasteiger partial charge is 0.287 e. The molecule has 0 fully saturated rings. The molecular formula is C17H13Cl3N4O4S. The van der Waals surface area contributed by atoms with Crippen molar-refractivity contribution in [1.29, 1.82) is 0 Å². The molecule has 0 saturated heterocycles. The Balaban J connectivity index is 1.94. The fourth-order valence-corrected chi connectivity index (χ4v) is 4.39. The second-order valence-electron chi connectivity index (χ2n) is 5.76. The van der Waals surface area contributed by atoms with Crippen LogP contribution in [0, 0.1) is 6.92 Å². The Morgan fingerprint density at radius 1 is 1.10 bits per heavy atom. The van der Waals surface area contributed by atoms with Crippen LogP contribution in [0.15, 0.2) is 41.3 Å². The maximum atomic E-state index is 12.6. The van der Waals surface area contributed by atoms with Gasteiger partial charge >= 0.3 is 0 Å². The van der Waals surface area contributed by atoms with Crippen molar-refractivity contribution in [3.05, 3.63) is 62.9 Å². The predicted octanol–water partition coefficient (Wildman–Crippen LogP) is 3.66. The van der Waals surface area contributed by atoms with E-state index in [1.807, 2.05) is 4.72 Å². The molecule has 3 rings (SSSR count). The van der Waals surface area contributed by atoms with E-state index < -0.39 is 15.9 Å². The minimum absolute atomic E-state index is 0.124. The number of halogens is 3. The van der Waals surface area contributed by atoms with Gasteiger partial charge in [0.05, 0.1) is 28.5 Å². The third-order valence-corrected chi connectivity index (χ3v) is 6.27. The van der Waals surface area contributed by atoms with Crippen LogP contribution < -0.4 is 9.46 Å². The van der Waals surface area contributed by atoms with E-state index in [0.29, 0.717) is 16.5 Å². The topological polar surface area (TPSA) is 103 Å². The highest BCUT2D eigenvalue weighted by Gasteiger charge is 2.26. The molecule has 2 aromatic carbocycles. The van der Waals surface area contributed by atoms with E-state index in [-0.39, 0.29) is 26.3 Å². The van der Waals surface area contributed by atoms with Gasteiger partial charge in [-0.2, -0.15) is 0 Å². The number of amides is 1. The van der Waals surface area contributed by atoms with Gasteiger partial charge in [0.15, 0.2) is 5.69 Å². The zero-order valence-corrected chi connectivity index (χ0v) is 18.1. The van der Waals surface area contributed by atoms with E-state index in [1.165, 1.54) is 30.0 Å². The molecule has 0 aliphatic rings. The number of hydrogen-bond donors (Lipinski definition) is 1. The van der Waals surface area contributed by atoms with Gasteiger partial charge in [-0.15, -0.1) is 5.10 Å². The number of sulfonamides is 1. The lowest BCUT2D eigenvalue weighted by atomic mass is 10.2. The molecule has 1 amide bonds. The van der Waals surface area contributed by atoms with E-state index in [2.05, 4.69) is 10.3 Å². The molecule has 1 aromatic heterocycles. The number of rotatable bonds is 5. The van der Waals surface area contributed by atoms with Gasteiger partial charge in [-0.1, -0.05) is 40.0 Å². The van der Waals surface area contributed by atoms with Crippen LogP contribution in [0.1, 0.15) is 16.2 Å². The van der Waals surface area contributed by atoms with Crippen LogP contribution in [0.3, 0.4) is 0 Å². The summed E-state index contributed by atoms with van der Waals surface area (Å²) in [6.45, 7) is 1.55. The van der Waals surface area contributed by atoms with Gasteiger partial charge in [0.25, 0.3) is 15.9 Å². The Labute approximate surface area is 181 Å². The van der Waals surface area contributed by atoms with Crippen molar-refractivity contribution < 1.29 is 17.9 Å². The van der Waals surface area contributed by atoms with Crippen molar-refractivity contribution in [3.63, 3.8) is 0 Å². The lowest BCUT2D eigenvalue weighted by Crippen LogP contribution is -2.31. The summed E-state index contributed by atoms with van der Waals surface area (Å²) in [6, 6.07) is 8.67. The maximum Gasteiger partial charge on any atom is 0.287 e. The van der Waals surface area contributed by atoms with Crippen molar-refractivity contribution in [3.8, 4) is 11.4 Å². The van der Waals surface area contributed by atoms with Gasteiger partial charge < -0.3 is 4.74 Å². The van der Waals surface area contributed by atoms with Gasteiger partial charge in [-0.25, -0.2) is 17.8 Å². The maximum absolute atomic E-state index is 12.6. The Bertz CT molecular complexity index is 1210. The van der Waals surface area contributed by atoms with Crippen LogP contribution in [-0.2, 0) is 10.0 Å². The third-order valence-electron chi connectivity index (χ3n) is 3.90. The van der Waals surface area contributed by atoms with Gasteiger partial charge in [0.2, 0.25) is 0 Å². The lowest BCUT2D eigenvalue weighted by Gasteiger charge is -2.09. The number of methoxy groups -OCH3 is 1. The van der Waals surface area contributed by atoms with E-state index in [4.69, 9.17) is 39.5 Å². The quantitative estimate of drug-likeness (QED) is 0.604. The Morgan fingerprint density at radius 3 is 2.48 bits per heavy atom. The summed E-state index contributed by atoms with van der Waals surface area (Å²) in [5.41, 5.74) is 0.492. The van der Waals surface area contributed by atoms with Gasteiger partial charge in [0, 0.05) is 11.1 Å². The number of hydrogen-bond acceptors (Lipinski definition) is 6. The monoisotopic (exact) mass is 474 g/mol. The molecule has 0 saturated carbocycles. The highest BCUT2D eigenvalue weighted by molar-refractivity contribution is 7.90. The summed E-state index contributed by atoms with van der Waals surface area (Å²) in [5, 5.41) is 8.16. The molecule has 12 heteroatoms. The number of aromatic nitrogens is 3. The molecule has 8 nitrogen and oxygen atoms in total. The number of benzene rings is 2. The summed E-state index contributed by atoms with van der Waals surface area (Å²) < 4.78 is 33.4. The van der Waals surface area contributed by atoms with Crippen LogP contribution in [0.2, 0.25) is 15.1 Å². The fourth-order valence-electron chi connectivity index (χ4n) is 2.47. The molecule has 29 heavy (non-hydrogen) atoms. The molecule has 0 radical (unpaired) electrons. The molecule has 0 bridgehead atoms. The largest absolute Gasteiger partial charge is 0.497 e. The zero-order chi connectivity index (χ0) is 21.3. The van der Waals surface area contributed by atoms with Crippen molar-refractivity contribution in [1.82, 2.24) is 19.7 Å². The predicted molar refractivity (Wildman–Crippen MR) is 109 cm³/mol. The molecule has 0 unspecified atom stereocenters. The minimum Gasteiger partial charge on any atom is -0.497 e. The lowest BCUT2D eigenvalue weighted by molar-refractivity contribution is 0.0976. The molecule has 0 spiro atoms. The molecular weight excluding hydrogens is 463 g/mol. The summed E-state index contributed by atoms with van der Waals surface area (Å²) in [7, 11) is -2.77. The minimum atomic E-state index is -4.26. The average Bonchev–Trinajstić information content (AvgIpc) is 3.03. The second-order valence-corrected chi connectivity index (χ2v) is 8.66. The summed E-state index contributed by atoms with van der Waals surface area (Å²) >= 11 is 17.9. The first-order valence-corrected chi connectivity index (χ1v) is 10.5. The molecule has 0 atom stereocenters. The molecule has 3 aromatic rings. The number of nitrogens with one attached hydrogen (secondary N) is 1. The normalized spacial score (nSPS) is 11.3. The Morgan fingerprint density at radius 2 is 1.83 bits per heavy atom. The summed E-state index contributed by atoms with van der Waals surface area (Å²) in [4.78, 5) is 12.3. The van der Waals surface area contributed by atoms with Crippen LogP contribution in [0.25, 0.3) is 5.69 Å². The van der Waals surface area contributed by atoms with E-state index >= 15 is 0 Å². The van der Waals surface area contributed by atoms with Crippen LogP contribution in [0.4, 0.5) is 0 Å². The SMILES string of the molecule is COc1ccc(Cl)c(-n2nnc(C(=O)NS(=O)(=O)c3ccc(Cl)cc3Cl)c2C)c1. The average molecular weight is 476 g/mol. The van der Waals surface area contributed by atoms with Crippen LogP contribution in [-0.4, -0.2) is 36.4 Å². The van der Waals surface area contributed by atoms with Crippen LogP contribution in [0.5, 0.6) is 5.75 Å². The Hall–Kier alpha value is -2.33. The summed E-state index contributed by atoms with van der Waals surface area (Å²) in [6.07, 6.45) is 0. The van der Waals surface area contributed by atoms with E-state index in [9.17, 15) is 13.2 Å². The number of carbonyl (C=O) groups excluding carboxylic acids is 1. The van der Waals surface area contributed by atoms with Gasteiger partial charge in [-0.05, 0) is 37.3 Å². The molecule has 0 aliphatic heterocycles. The second kappa shape index (κ2) is 8.19. The van der Waals surface area contributed by atoms with Gasteiger partial charge in [0.1, 0.15) is 10.6 Å². The van der Waals surface area contributed by atoms with Crippen molar-refractivity contribution in [2.75, 3.05) is 7.11 Å². The van der Waals surface area contributed by atoms with Crippen molar-refractivity contribution >= 4 is 50.7 Å². The standard InChI is InChI=1S/C17H13Cl3N4O4S/c1-9-16(21-23-24(9)14-8-11(28-2)4-5-12(14)19)17(25)22-29(26,27)15-6-3-10(18)7-13(15)20/h3-8H,1-2H3,(H,22,25). The zero-order valence-electron chi connectivity index (χ0n) is 15.0. The third kappa shape index (κ3) is 4.32. The first kappa shape index (κ1) is 21.4. The number of nitrogens with zero attached hydrogens (tertiary/aromatic N) is 3. The van der Waals surface area contributed by atoms with Gasteiger partial charge in [-0.3, -0.25) is 4.79 Å².